The number of carbonyl (C=O) groups is 3. The van der Waals surface area contributed by atoms with Crippen molar-refractivity contribution in [3.8, 4) is 0 Å². The zero-order valence-electron chi connectivity index (χ0n) is 70.9. The van der Waals surface area contributed by atoms with Crippen molar-refractivity contribution in [1.82, 2.24) is 0 Å². The van der Waals surface area contributed by atoms with Crippen LogP contribution in [0.2, 0.25) is 0 Å². The van der Waals surface area contributed by atoms with E-state index in [-0.39, 0.29) is 17.9 Å². The predicted octanol–water partition coefficient (Wildman–Crippen LogP) is 31.8. The summed E-state index contributed by atoms with van der Waals surface area (Å²) in [6.45, 7) is 40.8. The molecule has 0 aromatic rings. The van der Waals surface area contributed by atoms with E-state index in [0.717, 1.165) is 135 Å². The highest BCUT2D eigenvalue weighted by atomic mass is 16.5. The largest absolute Gasteiger partial charge is 0.461 e. The third-order valence-corrected chi connectivity index (χ3v) is 18.9. The SMILES string of the molecule is CCCCCCCCCCCC(=O)OC/C=C(\C)CC/C=C(\C)CC/C=C(\C)CCC=C(C)C.CCCCCCCCCCCC(=O)OC/C=C(\C)CC/C=C(\C)CC/C=C(\C)CCC=C(C)C.CCCCCCCCCCCC(=O)OC/C=C(\C)CC/C=C(\C)CC/C=C(\C)CCC=C(C)C. The van der Waals surface area contributed by atoms with Crippen molar-refractivity contribution >= 4 is 17.9 Å². The Morgan fingerprint density at radius 1 is 0.186 bits per heavy atom. The van der Waals surface area contributed by atoms with Gasteiger partial charge in [-0.3, -0.25) is 14.4 Å². The Bertz CT molecular complexity index is 2150. The van der Waals surface area contributed by atoms with Gasteiger partial charge >= 0.3 is 17.9 Å². The number of allylic oxidation sites excluding steroid dienone is 21. The van der Waals surface area contributed by atoms with Gasteiger partial charge in [0.05, 0.1) is 0 Å². The summed E-state index contributed by atoms with van der Waals surface area (Å²) < 4.78 is 16.2. The summed E-state index contributed by atoms with van der Waals surface area (Å²) in [5.74, 6) is -0.147. The van der Waals surface area contributed by atoms with E-state index in [1.54, 1.807) is 0 Å². The summed E-state index contributed by atoms with van der Waals surface area (Å²) in [5, 5.41) is 0. The molecule has 0 atom stereocenters. The van der Waals surface area contributed by atoms with Crippen LogP contribution in [0.15, 0.2) is 140 Å². The van der Waals surface area contributed by atoms with Crippen LogP contribution in [-0.2, 0) is 28.6 Å². The minimum Gasteiger partial charge on any atom is -0.461 e. The maximum absolute atomic E-state index is 11.9. The van der Waals surface area contributed by atoms with Crippen LogP contribution in [0.3, 0.4) is 0 Å². The summed E-state index contributed by atoms with van der Waals surface area (Å²) in [6.07, 6.45) is 83.4. The molecule has 6 nitrogen and oxygen atoms in total. The smallest absolute Gasteiger partial charge is 0.306 e. The van der Waals surface area contributed by atoms with Crippen molar-refractivity contribution in [1.29, 1.82) is 0 Å². The van der Waals surface area contributed by atoms with Gasteiger partial charge in [0, 0.05) is 19.3 Å². The lowest BCUT2D eigenvalue weighted by Crippen LogP contribution is -2.04. The molecule has 0 fully saturated rings. The normalized spacial score (nSPS) is 12.7. The zero-order chi connectivity index (χ0) is 76.3. The van der Waals surface area contributed by atoms with Crippen molar-refractivity contribution in [2.45, 2.75) is 433 Å². The first-order valence-electron chi connectivity index (χ1n) is 42.3. The molecule has 0 heterocycles. The quantitative estimate of drug-likeness (QED) is 0.0261. The molecule has 0 aromatic carbocycles. The van der Waals surface area contributed by atoms with Crippen LogP contribution < -0.4 is 0 Å². The molecule has 0 aliphatic carbocycles. The first-order valence-corrected chi connectivity index (χ1v) is 42.3. The van der Waals surface area contributed by atoms with Crippen LogP contribution in [0.1, 0.15) is 433 Å². The van der Waals surface area contributed by atoms with E-state index in [0.29, 0.717) is 39.1 Å². The lowest BCUT2D eigenvalue weighted by molar-refractivity contribution is -0.143. The summed E-state index contributed by atoms with van der Waals surface area (Å²) in [4.78, 5) is 35.7. The van der Waals surface area contributed by atoms with Gasteiger partial charge in [-0.25, -0.2) is 0 Å². The molecule has 0 aliphatic rings. The van der Waals surface area contributed by atoms with Crippen molar-refractivity contribution in [2.75, 3.05) is 19.8 Å². The van der Waals surface area contributed by atoms with Gasteiger partial charge in [-0.05, 0) is 257 Å². The molecule has 0 aromatic heterocycles. The fourth-order valence-electron chi connectivity index (χ4n) is 11.7. The maximum atomic E-state index is 11.9. The molecule has 588 valence electrons. The fraction of sp³-hybridized carbons (Fsp3) is 0.719. The van der Waals surface area contributed by atoms with Crippen LogP contribution in [0, 0.1) is 0 Å². The maximum Gasteiger partial charge on any atom is 0.306 e. The molecular formula is C96H168O6. The number of esters is 3. The topological polar surface area (TPSA) is 78.9 Å². The molecule has 0 N–H and O–H groups in total. The summed E-state index contributed by atoms with van der Waals surface area (Å²) in [6, 6.07) is 0. The highest BCUT2D eigenvalue weighted by molar-refractivity contribution is 5.70. The Morgan fingerprint density at radius 2 is 0.333 bits per heavy atom. The first-order chi connectivity index (χ1) is 49.0. The lowest BCUT2D eigenvalue weighted by atomic mass is 10.0. The summed E-state index contributed by atoms with van der Waals surface area (Å²) in [5.41, 5.74) is 17.0. The number of carbonyl (C=O) groups excluding carboxylic acids is 3. The third kappa shape index (κ3) is 84.2. The molecule has 0 unspecified atom stereocenters. The molecule has 0 saturated heterocycles. The molecule has 0 aliphatic heterocycles. The van der Waals surface area contributed by atoms with Gasteiger partial charge in [0.25, 0.3) is 0 Å². The van der Waals surface area contributed by atoms with E-state index < -0.39 is 0 Å². The van der Waals surface area contributed by atoms with Crippen LogP contribution >= 0.6 is 0 Å². The minimum atomic E-state index is -0.0491. The molecule has 0 radical (unpaired) electrons. The zero-order valence-corrected chi connectivity index (χ0v) is 70.9. The summed E-state index contributed by atoms with van der Waals surface area (Å²) >= 11 is 0. The van der Waals surface area contributed by atoms with Gasteiger partial charge in [0.15, 0.2) is 0 Å². The van der Waals surface area contributed by atoms with Crippen molar-refractivity contribution < 1.29 is 28.6 Å². The number of hydrogen-bond acceptors (Lipinski definition) is 6. The monoisotopic (exact) mass is 1420 g/mol. The van der Waals surface area contributed by atoms with Gasteiger partial charge in [-0.2, -0.15) is 0 Å². The first kappa shape index (κ1) is 101. The Hall–Kier alpha value is -4.71. The van der Waals surface area contributed by atoms with E-state index in [1.165, 1.54) is 221 Å². The molecule has 102 heavy (non-hydrogen) atoms. The van der Waals surface area contributed by atoms with Gasteiger partial charge in [0.1, 0.15) is 19.8 Å². The van der Waals surface area contributed by atoms with Crippen molar-refractivity contribution in [2.24, 2.45) is 0 Å². The highest BCUT2D eigenvalue weighted by Gasteiger charge is 2.06. The third-order valence-electron chi connectivity index (χ3n) is 18.9. The lowest BCUT2D eigenvalue weighted by Gasteiger charge is -2.05. The van der Waals surface area contributed by atoms with E-state index in [9.17, 15) is 14.4 Å². The number of unbranched alkanes of at least 4 members (excludes halogenated alkanes) is 24. The second-order valence-electron chi connectivity index (χ2n) is 30.9. The van der Waals surface area contributed by atoms with Gasteiger partial charge in [-0.15, -0.1) is 0 Å². The standard InChI is InChI=1S/3C32H56O2/c3*1-7-8-9-10-11-12-13-14-15-25-32(33)34-27-26-31(6)24-18-23-30(5)22-17-21-29(4)20-16-19-28(2)3/h3*19,21,23,26H,7-18,20,22,24-25,27H2,1-6H3/b3*29-21+,30-23+,31-26+. The fourth-order valence-corrected chi connectivity index (χ4v) is 11.7. The molecule has 0 amide bonds. The number of ether oxygens (including phenoxy) is 3. The molecule has 0 saturated carbocycles. The van der Waals surface area contributed by atoms with Gasteiger partial charge in [0.2, 0.25) is 0 Å². The van der Waals surface area contributed by atoms with Crippen LogP contribution in [0.5, 0.6) is 0 Å². The molecular weight excluding hydrogens is 1250 g/mol. The van der Waals surface area contributed by atoms with E-state index in [4.69, 9.17) is 14.2 Å². The molecule has 0 spiro atoms. The van der Waals surface area contributed by atoms with Gasteiger partial charge < -0.3 is 14.2 Å². The van der Waals surface area contributed by atoms with Crippen LogP contribution in [0.4, 0.5) is 0 Å². The Balaban J connectivity index is -0.00000144. The average molecular weight is 1420 g/mol. The molecule has 0 rings (SSSR count). The Labute approximate surface area is 635 Å². The number of hydrogen-bond donors (Lipinski definition) is 0. The van der Waals surface area contributed by atoms with Crippen LogP contribution in [0.25, 0.3) is 0 Å². The average Bonchev–Trinajstić information content (AvgIpc) is 1.45. The number of rotatable bonds is 63. The minimum absolute atomic E-state index is 0.0491. The second-order valence-corrected chi connectivity index (χ2v) is 30.9. The summed E-state index contributed by atoms with van der Waals surface area (Å²) in [7, 11) is 0. The predicted molar refractivity (Wildman–Crippen MR) is 454 cm³/mol. The van der Waals surface area contributed by atoms with Gasteiger partial charge in [-0.1, -0.05) is 296 Å². The van der Waals surface area contributed by atoms with E-state index in [2.05, 4.69) is 198 Å². The Kier molecular flexibility index (Phi) is 77.0. The second kappa shape index (κ2) is 77.4. The van der Waals surface area contributed by atoms with E-state index >= 15 is 0 Å². The highest BCUT2D eigenvalue weighted by Crippen LogP contribution is 2.20. The van der Waals surface area contributed by atoms with E-state index in [1.807, 2.05) is 0 Å². The molecule has 0 bridgehead atoms. The molecule has 6 heteroatoms. The van der Waals surface area contributed by atoms with Crippen molar-refractivity contribution in [3.05, 3.63) is 140 Å². The Morgan fingerprint density at radius 3 is 0.500 bits per heavy atom. The van der Waals surface area contributed by atoms with Crippen molar-refractivity contribution in [3.63, 3.8) is 0 Å². The van der Waals surface area contributed by atoms with Crippen LogP contribution in [-0.4, -0.2) is 37.7 Å².